The molecule has 1 saturated carbocycles. The Morgan fingerprint density at radius 3 is 2.42 bits per heavy atom. The van der Waals surface area contributed by atoms with Crippen molar-refractivity contribution in [1.29, 1.82) is 0 Å². The number of nitrogens with zero attached hydrogens (tertiary/aromatic N) is 1. The van der Waals surface area contributed by atoms with E-state index >= 15 is 0 Å². The molecule has 3 rings (SSSR count). The topological polar surface area (TPSA) is 77.2 Å². The first-order valence-corrected chi connectivity index (χ1v) is 7.44. The minimum atomic E-state index is -0.734. The van der Waals surface area contributed by atoms with Crippen molar-refractivity contribution >= 4 is 36.4 Å². The summed E-state index contributed by atoms with van der Waals surface area (Å²) in [6.45, 7) is 0. The van der Waals surface area contributed by atoms with Gasteiger partial charge >= 0.3 is 0 Å². The number of nitrogens with one attached hydrogen (secondary N) is 1. The van der Waals surface area contributed by atoms with Crippen LogP contribution in [0.25, 0.3) is 0 Å². The number of aromatic nitrogens is 1. The van der Waals surface area contributed by atoms with Gasteiger partial charge in [0.15, 0.2) is 0 Å². The van der Waals surface area contributed by atoms with Gasteiger partial charge in [-0.3, -0.25) is 9.78 Å². The van der Waals surface area contributed by atoms with E-state index in [9.17, 15) is 4.79 Å². The molecule has 0 atom stereocenters. The molecule has 2 aromatic rings. The number of amides is 1. The van der Waals surface area contributed by atoms with Crippen LogP contribution >= 0.6 is 24.8 Å². The Bertz CT molecular complexity index is 662. The second kappa shape index (κ2) is 8.87. The molecule has 1 heterocycles. The third kappa shape index (κ3) is 4.84. The summed E-state index contributed by atoms with van der Waals surface area (Å²) in [6.07, 6.45) is 6.83. The van der Waals surface area contributed by atoms with Crippen molar-refractivity contribution in [1.82, 2.24) is 4.98 Å². The summed E-state index contributed by atoms with van der Waals surface area (Å²) < 4.78 is 5.73. The molecule has 0 unspecified atom stereocenters. The molecule has 0 bridgehead atoms. The lowest BCUT2D eigenvalue weighted by molar-refractivity contribution is -0.121. The van der Waals surface area contributed by atoms with Gasteiger partial charge in [-0.05, 0) is 37.1 Å². The second-order valence-electron chi connectivity index (χ2n) is 5.63. The molecule has 0 aliphatic heterocycles. The van der Waals surface area contributed by atoms with E-state index in [1.165, 1.54) is 0 Å². The van der Waals surface area contributed by atoms with E-state index in [1.54, 1.807) is 30.6 Å². The Morgan fingerprint density at radius 2 is 1.75 bits per heavy atom. The predicted octanol–water partition coefficient (Wildman–Crippen LogP) is 3.93. The first kappa shape index (κ1) is 20.2. The molecule has 0 radical (unpaired) electrons. The first-order chi connectivity index (χ1) is 10.7. The van der Waals surface area contributed by atoms with Crippen LogP contribution in [0.15, 0.2) is 48.8 Å². The quantitative estimate of drug-likeness (QED) is 0.855. The van der Waals surface area contributed by atoms with Crippen molar-refractivity contribution in [2.75, 3.05) is 5.32 Å². The third-order valence-corrected chi connectivity index (χ3v) is 3.93. The lowest BCUT2D eigenvalue weighted by Gasteiger charge is -2.22. The van der Waals surface area contributed by atoms with Gasteiger partial charge in [-0.1, -0.05) is 18.9 Å². The summed E-state index contributed by atoms with van der Waals surface area (Å²) in [5, 5.41) is 2.89. The number of ether oxygens (including phenoxy) is 1. The molecule has 1 aromatic heterocycles. The molecular weight excluding hydrogens is 349 g/mol. The highest BCUT2D eigenvalue weighted by atomic mass is 35.5. The largest absolute Gasteiger partial charge is 0.457 e. The predicted molar refractivity (Wildman–Crippen MR) is 99.3 cm³/mol. The Kier molecular flexibility index (Phi) is 7.48. The number of benzene rings is 1. The van der Waals surface area contributed by atoms with Gasteiger partial charge < -0.3 is 15.8 Å². The summed E-state index contributed by atoms with van der Waals surface area (Å²) in [4.78, 5) is 16.3. The second-order valence-corrected chi connectivity index (χ2v) is 5.63. The van der Waals surface area contributed by atoms with Crippen molar-refractivity contribution in [2.24, 2.45) is 5.73 Å². The zero-order valence-corrected chi connectivity index (χ0v) is 14.7. The Morgan fingerprint density at radius 1 is 1.08 bits per heavy atom. The van der Waals surface area contributed by atoms with Crippen LogP contribution in [-0.2, 0) is 4.79 Å². The molecule has 24 heavy (non-hydrogen) atoms. The van der Waals surface area contributed by atoms with Gasteiger partial charge in [0, 0.05) is 24.1 Å². The molecule has 1 aliphatic carbocycles. The molecule has 3 N–H and O–H groups in total. The fraction of sp³-hybridized carbons (Fsp3) is 0.294. The van der Waals surface area contributed by atoms with Gasteiger partial charge in [-0.25, -0.2) is 0 Å². The molecule has 130 valence electrons. The van der Waals surface area contributed by atoms with Crippen LogP contribution in [0.3, 0.4) is 0 Å². The van der Waals surface area contributed by atoms with Gasteiger partial charge in [0.1, 0.15) is 11.5 Å². The van der Waals surface area contributed by atoms with Crippen molar-refractivity contribution in [3.63, 3.8) is 0 Å². The lowest BCUT2D eigenvalue weighted by Crippen LogP contribution is -2.48. The Hall–Kier alpha value is -1.82. The number of rotatable bonds is 4. The van der Waals surface area contributed by atoms with Crippen molar-refractivity contribution in [3.8, 4) is 11.5 Å². The summed E-state index contributed by atoms with van der Waals surface area (Å²) >= 11 is 0. The van der Waals surface area contributed by atoms with Crippen molar-refractivity contribution in [3.05, 3.63) is 48.8 Å². The van der Waals surface area contributed by atoms with Crippen molar-refractivity contribution in [2.45, 2.75) is 31.2 Å². The molecule has 5 nitrogen and oxygen atoms in total. The third-order valence-electron chi connectivity index (χ3n) is 3.93. The molecule has 1 amide bonds. The number of nitrogens with two attached hydrogens (primary N) is 1. The molecule has 1 aromatic carbocycles. The maximum Gasteiger partial charge on any atom is 0.244 e. The molecule has 0 spiro atoms. The van der Waals surface area contributed by atoms with E-state index in [2.05, 4.69) is 10.3 Å². The fourth-order valence-corrected chi connectivity index (χ4v) is 2.67. The van der Waals surface area contributed by atoms with Crippen LogP contribution in [0.4, 0.5) is 5.69 Å². The van der Waals surface area contributed by atoms with Gasteiger partial charge in [-0.15, -0.1) is 24.8 Å². The molecule has 0 saturated heterocycles. The Balaban J connectivity index is 0.00000144. The zero-order chi connectivity index (χ0) is 15.4. The average Bonchev–Trinajstić information content (AvgIpc) is 2.97. The number of hydrogen-bond donors (Lipinski definition) is 2. The number of hydrogen-bond acceptors (Lipinski definition) is 4. The number of pyridine rings is 1. The first-order valence-electron chi connectivity index (χ1n) is 7.44. The van der Waals surface area contributed by atoms with E-state index in [1.807, 2.05) is 18.2 Å². The van der Waals surface area contributed by atoms with Crippen LogP contribution in [0.2, 0.25) is 0 Å². The average molecular weight is 370 g/mol. The van der Waals surface area contributed by atoms with E-state index in [0.29, 0.717) is 17.2 Å². The normalized spacial score (nSPS) is 14.9. The standard InChI is InChI=1S/C17H19N3O2.2ClH/c18-17(8-1-2-9-17)16(21)20-13-4-3-5-15(12-13)22-14-6-10-19-11-7-14;;/h3-7,10-12H,1-2,8-9,18H2,(H,20,21);2*1H. The van der Waals surface area contributed by atoms with Crippen LogP contribution in [0, 0.1) is 0 Å². The minimum absolute atomic E-state index is 0. The van der Waals surface area contributed by atoms with Crippen LogP contribution in [-0.4, -0.2) is 16.4 Å². The fourth-order valence-electron chi connectivity index (χ4n) is 2.67. The maximum atomic E-state index is 12.3. The van der Waals surface area contributed by atoms with Gasteiger partial charge in [0.2, 0.25) is 5.91 Å². The van der Waals surface area contributed by atoms with E-state index in [-0.39, 0.29) is 30.7 Å². The number of carbonyl (C=O) groups excluding carboxylic acids is 1. The van der Waals surface area contributed by atoms with Gasteiger partial charge in [-0.2, -0.15) is 0 Å². The number of anilines is 1. The molecule has 7 heteroatoms. The highest BCUT2D eigenvalue weighted by molar-refractivity contribution is 5.98. The van der Waals surface area contributed by atoms with Crippen molar-refractivity contribution < 1.29 is 9.53 Å². The van der Waals surface area contributed by atoms with E-state index in [0.717, 1.165) is 25.7 Å². The monoisotopic (exact) mass is 369 g/mol. The molecule has 1 aliphatic rings. The summed E-state index contributed by atoms with van der Waals surface area (Å²) in [5.41, 5.74) is 6.12. The smallest absolute Gasteiger partial charge is 0.244 e. The van der Waals surface area contributed by atoms with Gasteiger partial charge in [0.05, 0.1) is 5.54 Å². The minimum Gasteiger partial charge on any atom is -0.457 e. The van der Waals surface area contributed by atoms with Crippen LogP contribution in [0.5, 0.6) is 11.5 Å². The Labute approximate surface area is 153 Å². The van der Waals surface area contributed by atoms with Gasteiger partial charge in [0.25, 0.3) is 0 Å². The van der Waals surface area contributed by atoms with Crippen LogP contribution in [0.1, 0.15) is 25.7 Å². The zero-order valence-electron chi connectivity index (χ0n) is 13.1. The SMILES string of the molecule is Cl.Cl.NC1(C(=O)Nc2cccc(Oc3ccncc3)c2)CCCC1. The highest BCUT2D eigenvalue weighted by Gasteiger charge is 2.36. The molecule has 1 fully saturated rings. The van der Waals surface area contributed by atoms with Crippen LogP contribution < -0.4 is 15.8 Å². The number of carbonyl (C=O) groups is 1. The maximum absolute atomic E-state index is 12.3. The number of halogens is 2. The summed E-state index contributed by atoms with van der Waals surface area (Å²) in [6, 6.07) is 10.8. The summed E-state index contributed by atoms with van der Waals surface area (Å²) in [5.74, 6) is 1.23. The van der Waals surface area contributed by atoms with E-state index < -0.39 is 5.54 Å². The summed E-state index contributed by atoms with van der Waals surface area (Å²) in [7, 11) is 0. The highest BCUT2D eigenvalue weighted by Crippen LogP contribution is 2.29. The van der Waals surface area contributed by atoms with E-state index in [4.69, 9.17) is 10.5 Å². The lowest BCUT2D eigenvalue weighted by atomic mass is 9.98. The molecular formula is C17H21Cl2N3O2.